The standard InChI is InChI=1S/C23H23ClN4O4S/c1-27-14-11-25-22(27)21(29)16-5-7-17(8-6-16)26-23(30)19-15-18(9-10-20(19)24)33(31,32)28-12-3-2-4-13-28/h5-11,14-15H,2-4,12-13H2,1H3,(H,26,30). The van der Waals surface area contributed by atoms with Gasteiger partial charge in [-0.1, -0.05) is 18.0 Å². The van der Waals surface area contributed by atoms with Crippen LogP contribution in [-0.4, -0.2) is 47.1 Å². The Morgan fingerprint density at radius 1 is 1.03 bits per heavy atom. The number of ketones is 1. The number of anilines is 1. The molecule has 33 heavy (non-hydrogen) atoms. The Hall–Kier alpha value is -3.01. The summed E-state index contributed by atoms with van der Waals surface area (Å²) in [6.07, 6.45) is 5.88. The van der Waals surface area contributed by atoms with Gasteiger partial charge in [0.15, 0.2) is 5.82 Å². The highest BCUT2D eigenvalue weighted by molar-refractivity contribution is 7.89. The van der Waals surface area contributed by atoms with E-state index in [9.17, 15) is 18.0 Å². The number of carbonyl (C=O) groups excluding carboxylic acids is 2. The lowest BCUT2D eigenvalue weighted by Crippen LogP contribution is -2.35. The van der Waals surface area contributed by atoms with Crippen LogP contribution in [0.5, 0.6) is 0 Å². The molecule has 0 unspecified atom stereocenters. The van der Waals surface area contributed by atoms with Crippen LogP contribution in [0.1, 0.15) is 45.8 Å². The number of benzene rings is 2. The van der Waals surface area contributed by atoms with Crippen molar-refractivity contribution in [3.63, 3.8) is 0 Å². The molecule has 8 nitrogen and oxygen atoms in total. The highest BCUT2D eigenvalue weighted by atomic mass is 35.5. The molecule has 3 aromatic rings. The Morgan fingerprint density at radius 3 is 2.36 bits per heavy atom. The average Bonchev–Trinajstić information content (AvgIpc) is 3.25. The van der Waals surface area contributed by atoms with Gasteiger partial charge in [-0.05, 0) is 55.3 Å². The van der Waals surface area contributed by atoms with Crippen molar-refractivity contribution in [1.29, 1.82) is 0 Å². The number of nitrogens with zero attached hydrogens (tertiary/aromatic N) is 3. The molecular weight excluding hydrogens is 464 g/mol. The van der Waals surface area contributed by atoms with Crippen molar-refractivity contribution in [2.45, 2.75) is 24.2 Å². The van der Waals surface area contributed by atoms with Gasteiger partial charge in [-0.25, -0.2) is 13.4 Å². The van der Waals surface area contributed by atoms with Gasteiger partial charge in [0.1, 0.15) is 0 Å². The van der Waals surface area contributed by atoms with Gasteiger partial charge >= 0.3 is 0 Å². The minimum absolute atomic E-state index is 0.0370. The van der Waals surface area contributed by atoms with Crippen LogP contribution in [0.15, 0.2) is 59.8 Å². The molecule has 2 heterocycles. The molecular formula is C23H23ClN4O4S. The summed E-state index contributed by atoms with van der Waals surface area (Å²) in [4.78, 5) is 29.5. The lowest BCUT2D eigenvalue weighted by molar-refractivity contribution is 0.102. The molecule has 10 heteroatoms. The van der Waals surface area contributed by atoms with Crippen molar-refractivity contribution in [2.24, 2.45) is 7.05 Å². The van der Waals surface area contributed by atoms with Crippen LogP contribution in [0.2, 0.25) is 5.02 Å². The van der Waals surface area contributed by atoms with E-state index in [2.05, 4.69) is 10.3 Å². The minimum atomic E-state index is -3.70. The number of amides is 1. The number of rotatable bonds is 6. The van der Waals surface area contributed by atoms with Gasteiger partial charge in [0, 0.05) is 43.8 Å². The predicted molar refractivity (Wildman–Crippen MR) is 125 cm³/mol. The Balaban J connectivity index is 1.52. The summed E-state index contributed by atoms with van der Waals surface area (Å²) >= 11 is 6.21. The molecule has 4 rings (SSSR count). The van der Waals surface area contributed by atoms with E-state index in [4.69, 9.17) is 11.6 Å². The SMILES string of the molecule is Cn1ccnc1C(=O)c1ccc(NC(=O)c2cc(S(=O)(=O)N3CCCCC3)ccc2Cl)cc1. The Bertz CT molecular complexity index is 1300. The summed E-state index contributed by atoms with van der Waals surface area (Å²) in [6.45, 7) is 0.936. The lowest BCUT2D eigenvalue weighted by atomic mass is 10.1. The first-order valence-electron chi connectivity index (χ1n) is 10.5. The first-order chi connectivity index (χ1) is 15.8. The Morgan fingerprint density at radius 2 is 1.73 bits per heavy atom. The summed E-state index contributed by atoms with van der Waals surface area (Å²) in [6, 6.07) is 10.5. The molecule has 1 aliphatic heterocycles. The van der Waals surface area contributed by atoms with E-state index >= 15 is 0 Å². The number of halogens is 1. The van der Waals surface area contributed by atoms with Crippen LogP contribution in [-0.2, 0) is 17.1 Å². The molecule has 1 amide bonds. The van der Waals surface area contributed by atoms with Gasteiger partial charge in [0.25, 0.3) is 5.91 Å². The average molecular weight is 487 g/mol. The molecule has 172 valence electrons. The number of hydrogen-bond acceptors (Lipinski definition) is 5. The summed E-state index contributed by atoms with van der Waals surface area (Å²) in [5.74, 6) is -0.469. The van der Waals surface area contributed by atoms with Crippen LogP contribution in [0.25, 0.3) is 0 Å². The quantitative estimate of drug-likeness (QED) is 0.535. The first kappa shape index (κ1) is 23.2. The highest BCUT2D eigenvalue weighted by Gasteiger charge is 2.27. The fourth-order valence-corrected chi connectivity index (χ4v) is 5.46. The first-order valence-corrected chi connectivity index (χ1v) is 12.3. The zero-order valence-corrected chi connectivity index (χ0v) is 19.6. The topological polar surface area (TPSA) is 101 Å². The Kier molecular flexibility index (Phi) is 6.64. The highest BCUT2D eigenvalue weighted by Crippen LogP contribution is 2.26. The largest absolute Gasteiger partial charge is 0.331 e. The van der Waals surface area contributed by atoms with Gasteiger partial charge in [-0.3, -0.25) is 9.59 Å². The van der Waals surface area contributed by atoms with E-state index in [0.717, 1.165) is 19.3 Å². The molecule has 0 aliphatic carbocycles. The van der Waals surface area contributed by atoms with Crippen molar-refractivity contribution in [3.05, 3.63) is 76.8 Å². The fourth-order valence-electron chi connectivity index (χ4n) is 3.71. The summed E-state index contributed by atoms with van der Waals surface area (Å²) in [7, 11) is -1.96. The number of imidazole rings is 1. The number of piperidine rings is 1. The zero-order valence-electron chi connectivity index (χ0n) is 18.0. The maximum atomic E-state index is 13.0. The van der Waals surface area contributed by atoms with E-state index in [1.807, 2.05) is 0 Å². The summed E-state index contributed by atoms with van der Waals surface area (Å²) in [5, 5.41) is 2.85. The zero-order chi connectivity index (χ0) is 23.6. The van der Waals surface area contributed by atoms with E-state index in [1.54, 1.807) is 48.3 Å². The number of aromatic nitrogens is 2. The number of carbonyl (C=O) groups is 2. The van der Waals surface area contributed by atoms with Gasteiger partial charge in [0.05, 0.1) is 15.5 Å². The van der Waals surface area contributed by atoms with Crippen molar-refractivity contribution in [3.8, 4) is 0 Å². The molecule has 1 saturated heterocycles. The van der Waals surface area contributed by atoms with Crippen LogP contribution in [0.3, 0.4) is 0 Å². The maximum absolute atomic E-state index is 13.0. The van der Waals surface area contributed by atoms with E-state index in [-0.39, 0.29) is 21.3 Å². The number of sulfonamides is 1. The second-order valence-corrected chi connectivity index (χ2v) is 10.2. The second-order valence-electron chi connectivity index (χ2n) is 7.83. The maximum Gasteiger partial charge on any atom is 0.257 e. The smallest absolute Gasteiger partial charge is 0.257 e. The van der Waals surface area contributed by atoms with Crippen molar-refractivity contribution in [1.82, 2.24) is 13.9 Å². The summed E-state index contributed by atoms with van der Waals surface area (Å²) < 4.78 is 29.0. The number of hydrogen-bond donors (Lipinski definition) is 1. The van der Waals surface area contributed by atoms with Crippen molar-refractivity contribution >= 4 is 39.0 Å². The molecule has 0 saturated carbocycles. The van der Waals surface area contributed by atoms with Gasteiger partial charge in [-0.15, -0.1) is 0 Å². The van der Waals surface area contributed by atoms with Crippen LogP contribution in [0, 0.1) is 0 Å². The van der Waals surface area contributed by atoms with Gasteiger partial charge < -0.3 is 9.88 Å². The van der Waals surface area contributed by atoms with Crippen LogP contribution in [0.4, 0.5) is 5.69 Å². The molecule has 1 N–H and O–H groups in total. The molecule has 0 bridgehead atoms. The van der Waals surface area contributed by atoms with E-state index in [1.165, 1.54) is 22.5 Å². The van der Waals surface area contributed by atoms with Crippen molar-refractivity contribution in [2.75, 3.05) is 18.4 Å². The second kappa shape index (κ2) is 9.46. The molecule has 0 atom stereocenters. The third kappa shape index (κ3) is 4.85. The molecule has 2 aromatic carbocycles. The third-order valence-corrected chi connectivity index (χ3v) is 7.79. The number of aryl methyl sites for hydroxylation is 1. The predicted octanol–water partition coefficient (Wildman–Crippen LogP) is 3.73. The lowest BCUT2D eigenvalue weighted by Gasteiger charge is -2.26. The molecule has 1 aromatic heterocycles. The van der Waals surface area contributed by atoms with Gasteiger partial charge in [-0.2, -0.15) is 4.31 Å². The molecule has 1 fully saturated rings. The van der Waals surface area contributed by atoms with Crippen molar-refractivity contribution < 1.29 is 18.0 Å². The third-order valence-electron chi connectivity index (χ3n) is 5.56. The summed E-state index contributed by atoms with van der Waals surface area (Å²) in [5.41, 5.74) is 0.926. The normalized spacial score (nSPS) is 14.7. The minimum Gasteiger partial charge on any atom is -0.331 e. The van der Waals surface area contributed by atoms with Gasteiger partial charge in [0.2, 0.25) is 15.8 Å². The van der Waals surface area contributed by atoms with E-state index < -0.39 is 15.9 Å². The molecule has 0 spiro atoms. The van der Waals surface area contributed by atoms with E-state index in [0.29, 0.717) is 30.2 Å². The molecule has 0 radical (unpaired) electrons. The number of nitrogens with one attached hydrogen (secondary N) is 1. The Labute approximate surface area is 197 Å². The van der Waals surface area contributed by atoms with Crippen LogP contribution < -0.4 is 5.32 Å². The van der Waals surface area contributed by atoms with Crippen LogP contribution >= 0.6 is 11.6 Å². The molecule has 1 aliphatic rings. The monoisotopic (exact) mass is 486 g/mol. The fraction of sp³-hybridized carbons (Fsp3) is 0.261.